The number of para-hydroxylation sites is 1. The summed E-state index contributed by atoms with van der Waals surface area (Å²) in [5.74, 6) is 0. The lowest BCUT2D eigenvalue weighted by atomic mass is 10.3. The number of benzene rings is 1. The van der Waals surface area contributed by atoms with Gasteiger partial charge in [-0.15, -0.1) is 5.59 Å². The lowest BCUT2D eigenvalue weighted by molar-refractivity contribution is -0.166. The molecule has 0 aliphatic rings. The van der Waals surface area contributed by atoms with E-state index in [1.807, 2.05) is 11.7 Å². The van der Waals surface area contributed by atoms with Gasteiger partial charge in [-0.2, -0.15) is 8.78 Å². The van der Waals surface area contributed by atoms with Crippen molar-refractivity contribution in [2.75, 3.05) is 5.43 Å². The topological polar surface area (TPSA) is 33.3 Å². The van der Waals surface area contributed by atoms with Crippen molar-refractivity contribution in [2.24, 2.45) is 0 Å². The highest BCUT2D eigenvalue weighted by Gasteiger charge is 1.98. The van der Waals surface area contributed by atoms with Gasteiger partial charge in [0, 0.05) is 0 Å². The van der Waals surface area contributed by atoms with Gasteiger partial charge in [-0.25, -0.2) is 4.84 Å². The second-order valence-electron chi connectivity index (χ2n) is 1.97. The normalized spacial score (nSPS) is 10.2. The average Bonchev–Trinajstić information content (AvgIpc) is 2.05. The van der Waals surface area contributed by atoms with E-state index >= 15 is 0 Å². The highest BCUT2D eigenvalue weighted by molar-refractivity contribution is 5.40. The van der Waals surface area contributed by atoms with Crippen LogP contribution in [0.1, 0.15) is 0 Å². The number of rotatable bonds is 4. The lowest BCUT2D eigenvalue weighted by Crippen LogP contribution is -2.24. The minimum atomic E-state index is -2.83. The van der Waals surface area contributed by atoms with Gasteiger partial charge in [-0.05, 0) is 12.1 Å². The van der Waals surface area contributed by atoms with E-state index in [4.69, 9.17) is 0 Å². The summed E-state index contributed by atoms with van der Waals surface area (Å²) >= 11 is 0. The first kappa shape index (κ1) is 8.89. The molecule has 2 N–H and O–H groups in total. The SMILES string of the molecule is FC(F)ONNc1ccccc1. The molecule has 0 atom stereocenters. The number of hydrogen-bond acceptors (Lipinski definition) is 3. The van der Waals surface area contributed by atoms with Crippen LogP contribution in [0.3, 0.4) is 0 Å². The Morgan fingerprint density at radius 2 is 1.83 bits per heavy atom. The monoisotopic (exact) mass is 174 g/mol. The summed E-state index contributed by atoms with van der Waals surface area (Å²) in [6.07, 6.45) is 0. The Hall–Kier alpha value is -1.20. The minimum absolute atomic E-state index is 0.651. The molecule has 0 unspecified atom stereocenters. The van der Waals surface area contributed by atoms with Gasteiger partial charge in [0.1, 0.15) is 0 Å². The van der Waals surface area contributed by atoms with Crippen LogP contribution in [-0.4, -0.2) is 6.61 Å². The Kier molecular flexibility index (Phi) is 3.43. The maximum Gasteiger partial charge on any atom is 0.361 e. The van der Waals surface area contributed by atoms with Crippen LogP contribution in [0.2, 0.25) is 0 Å². The van der Waals surface area contributed by atoms with Crippen molar-refractivity contribution in [1.29, 1.82) is 0 Å². The molecule has 0 aliphatic carbocycles. The van der Waals surface area contributed by atoms with Crippen LogP contribution in [-0.2, 0) is 4.84 Å². The van der Waals surface area contributed by atoms with Gasteiger partial charge in [0.2, 0.25) is 0 Å². The fourth-order valence-corrected chi connectivity index (χ4v) is 0.654. The molecule has 0 radical (unpaired) electrons. The number of halogens is 2. The van der Waals surface area contributed by atoms with E-state index < -0.39 is 6.61 Å². The van der Waals surface area contributed by atoms with Gasteiger partial charge in [-0.1, -0.05) is 18.2 Å². The zero-order chi connectivity index (χ0) is 8.81. The van der Waals surface area contributed by atoms with Crippen LogP contribution in [0, 0.1) is 0 Å². The quantitative estimate of drug-likeness (QED) is 0.682. The number of anilines is 1. The summed E-state index contributed by atoms with van der Waals surface area (Å²) < 4.78 is 22.8. The van der Waals surface area contributed by atoms with Crippen molar-refractivity contribution in [3.05, 3.63) is 30.3 Å². The Balaban J connectivity index is 2.25. The number of hydrogen-bond donors (Lipinski definition) is 2. The molecule has 0 saturated heterocycles. The second-order valence-corrected chi connectivity index (χ2v) is 1.97. The third kappa shape index (κ3) is 3.27. The molecule has 0 saturated carbocycles. The molecule has 0 spiro atoms. The van der Waals surface area contributed by atoms with Gasteiger partial charge >= 0.3 is 6.61 Å². The summed E-state index contributed by atoms with van der Waals surface area (Å²) in [5.41, 5.74) is 4.98. The Morgan fingerprint density at radius 1 is 1.17 bits per heavy atom. The third-order valence-corrected chi connectivity index (χ3v) is 1.12. The fraction of sp³-hybridized carbons (Fsp3) is 0.143. The standard InChI is InChI=1S/C7H8F2N2O/c8-7(9)12-11-10-6-4-2-1-3-5-6/h1-5,7,10-11H. The van der Waals surface area contributed by atoms with E-state index in [1.165, 1.54) is 0 Å². The van der Waals surface area contributed by atoms with Crippen LogP contribution >= 0.6 is 0 Å². The molecule has 1 aromatic rings. The summed E-state index contributed by atoms with van der Waals surface area (Å²) in [7, 11) is 0. The van der Waals surface area contributed by atoms with Crippen LogP contribution in [0.5, 0.6) is 0 Å². The number of alkyl halides is 2. The number of hydrazine groups is 1. The lowest BCUT2D eigenvalue weighted by Gasteiger charge is -2.06. The molecule has 0 heterocycles. The average molecular weight is 174 g/mol. The van der Waals surface area contributed by atoms with Gasteiger partial charge in [0.15, 0.2) is 0 Å². The molecule has 0 aromatic heterocycles. The molecule has 0 bridgehead atoms. The predicted octanol–water partition coefficient (Wildman–Crippen LogP) is 1.76. The Labute approximate surface area is 68.3 Å². The van der Waals surface area contributed by atoms with Crippen LogP contribution in [0.25, 0.3) is 0 Å². The zero-order valence-electron chi connectivity index (χ0n) is 6.13. The smallest absolute Gasteiger partial charge is 0.299 e. The molecule has 1 rings (SSSR count). The highest BCUT2D eigenvalue weighted by atomic mass is 19.3. The van der Waals surface area contributed by atoms with Gasteiger partial charge < -0.3 is 0 Å². The largest absolute Gasteiger partial charge is 0.361 e. The van der Waals surface area contributed by atoms with Gasteiger partial charge in [0.25, 0.3) is 0 Å². The van der Waals surface area contributed by atoms with Crippen molar-refractivity contribution >= 4 is 5.69 Å². The molecular weight excluding hydrogens is 166 g/mol. The molecular formula is C7H8F2N2O. The highest BCUT2D eigenvalue weighted by Crippen LogP contribution is 2.02. The zero-order valence-corrected chi connectivity index (χ0v) is 6.13. The van der Waals surface area contributed by atoms with E-state index in [0.717, 1.165) is 0 Å². The van der Waals surface area contributed by atoms with Gasteiger partial charge in [-0.3, -0.25) is 5.43 Å². The van der Waals surface area contributed by atoms with Crippen LogP contribution < -0.4 is 11.0 Å². The third-order valence-electron chi connectivity index (χ3n) is 1.12. The van der Waals surface area contributed by atoms with E-state index in [1.54, 1.807) is 24.3 Å². The van der Waals surface area contributed by atoms with Crippen molar-refractivity contribution in [3.8, 4) is 0 Å². The Morgan fingerprint density at radius 3 is 2.42 bits per heavy atom. The van der Waals surface area contributed by atoms with E-state index in [0.29, 0.717) is 5.69 Å². The summed E-state index contributed by atoms with van der Waals surface area (Å²) in [6.45, 7) is -2.83. The first-order valence-corrected chi connectivity index (χ1v) is 3.29. The molecule has 5 heteroatoms. The van der Waals surface area contributed by atoms with Crippen molar-refractivity contribution < 1.29 is 13.6 Å². The van der Waals surface area contributed by atoms with E-state index in [9.17, 15) is 8.78 Å². The second kappa shape index (κ2) is 4.63. The van der Waals surface area contributed by atoms with E-state index in [2.05, 4.69) is 10.3 Å². The Bertz CT molecular complexity index is 218. The molecule has 0 fully saturated rings. The first-order valence-electron chi connectivity index (χ1n) is 3.29. The summed E-state index contributed by atoms with van der Waals surface area (Å²) in [6, 6.07) is 8.78. The maximum absolute atomic E-state index is 11.4. The summed E-state index contributed by atoms with van der Waals surface area (Å²) in [4.78, 5) is 3.75. The number of nitrogens with one attached hydrogen (secondary N) is 2. The molecule has 1 aromatic carbocycles. The fourth-order valence-electron chi connectivity index (χ4n) is 0.654. The van der Waals surface area contributed by atoms with E-state index in [-0.39, 0.29) is 0 Å². The van der Waals surface area contributed by atoms with Crippen molar-refractivity contribution in [3.63, 3.8) is 0 Å². The molecule has 0 aliphatic heterocycles. The maximum atomic E-state index is 11.4. The molecule has 0 amide bonds. The minimum Gasteiger partial charge on any atom is -0.299 e. The van der Waals surface area contributed by atoms with Crippen molar-refractivity contribution in [2.45, 2.75) is 6.61 Å². The van der Waals surface area contributed by atoms with Gasteiger partial charge in [0.05, 0.1) is 5.69 Å². The molecule has 66 valence electrons. The first-order chi connectivity index (χ1) is 5.79. The van der Waals surface area contributed by atoms with Crippen LogP contribution in [0.4, 0.5) is 14.5 Å². The van der Waals surface area contributed by atoms with Crippen molar-refractivity contribution in [1.82, 2.24) is 5.59 Å². The predicted molar refractivity (Wildman–Crippen MR) is 40.3 cm³/mol. The summed E-state index contributed by atoms with van der Waals surface area (Å²) in [5, 5.41) is 0. The molecule has 3 nitrogen and oxygen atoms in total. The molecule has 12 heavy (non-hydrogen) atoms. The van der Waals surface area contributed by atoms with Crippen LogP contribution in [0.15, 0.2) is 30.3 Å².